The number of hydrogen-bond donors (Lipinski definition) is 1. The lowest BCUT2D eigenvalue weighted by Crippen LogP contribution is -2.36. The number of carbonyl (C=O) groups excluding carboxylic acids is 3. The first-order valence-electron chi connectivity index (χ1n) is 9.77. The summed E-state index contributed by atoms with van der Waals surface area (Å²) in [6.07, 6.45) is 3.61. The molecule has 3 aromatic rings. The van der Waals surface area contributed by atoms with Crippen molar-refractivity contribution in [3.63, 3.8) is 0 Å². The Hall–Kier alpha value is -3.58. The molecule has 0 unspecified atom stereocenters. The summed E-state index contributed by atoms with van der Waals surface area (Å²) >= 11 is 0.847. The summed E-state index contributed by atoms with van der Waals surface area (Å²) in [5.41, 5.74) is 4.53. The first-order chi connectivity index (χ1) is 14.9. The van der Waals surface area contributed by atoms with Crippen LogP contribution < -0.4 is 5.32 Å². The molecule has 0 bridgehead atoms. The molecule has 3 amide bonds. The molecule has 1 aromatic heterocycles. The van der Waals surface area contributed by atoms with E-state index in [0.29, 0.717) is 10.6 Å². The second-order valence-corrected chi connectivity index (χ2v) is 8.30. The summed E-state index contributed by atoms with van der Waals surface area (Å²) in [6.45, 7) is 3.61. The van der Waals surface area contributed by atoms with Gasteiger partial charge in [-0.1, -0.05) is 35.9 Å². The van der Waals surface area contributed by atoms with E-state index in [-0.39, 0.29) is 6.54 Å². The molecule has 1 aliphatic rings. The standard InChI is InChI=1S/C24H21N3O3S/c1-16-8-10-19(11-9-16)25-22(28)15-27-23(29)21(31-24(27)30)13-18-12-17(2)26(14-18)20-6-4-3-5-7-20/h3-14H,15H2,1-2H3,(H,25,28)/b21-13+. The number of amides is 3. The monoisotopic (exact) mass is 431 g/mol. The Morgan fingerprint density at radius 3 is 2.45 bits per heavy atom. The number of hydrogen-bond acceptors (Lipinski definition) is 4. The maximum atomic E-state index is 12.7. The Balaban J connectivity index is 1.47. The SMILES string of the molecule is Cc1ccc(NC(=O)CN2C(=O)S/C(=C/c3cc(C)n(-c4ccccc4)c3)C2=O)cc1. The van der Waals surface area contributed by atoms with Gasteiger partial charge in [0.1, 0.15) is 6.54 Å². The number of thioether (sulfide) groups is 1. The van der Waals surface area contributed by atoms with E-state index in [4.69, 9.17) is 0 Å². The van der Waals surface area contributed by atoms with E-state index >= 15 is 0 Å². The molecule has 0 spiro atoms. The molecule has 1 aliphatic heterocycles. The molecule has 0 aliphatic carbocycles. The summed E-state index contributed by atoms with van der Waals surface area (Å²) in [6, 6.07) is 19.1. The molecule has 156 valence electrons. The Labute approximate surface area is 184 Å². The van der Waals surface area contributed by atoms with Crippen molar-refractivity contribution in [1.29, 1.82) is 0 Å². The van der Waals surface area contributed by atoms with Crippen molar-refractivity contribution >= 4 is 40.6 Å². The molecule has 6 nitrogen and oxygen atoms in total. The second-order valence-electron chi connectivity index (χ2n) is 7.30. The van der Waals surface area contributed by atoms with Crippen LogP contribution in [0.3, 0.4) is 0 Å². The van der Waals surface area contributed by atoms with Crippen LogP contribution in [-0.2, 0) is 9.59 Å². The van der Waals surface area contributed by atoms with Gasteiger partial charge in [-0.05, 0) is 67.6 Å². The van der Waals surface area contributed by atoms with E-state index in [1.54, 1.807) is 18.2 Å². The average molecular weight is 432 g/mol. The van der Waals surface area contributed by atoms with Crippen LogP contribution in [0.25, 0.3) is 11.8 Å². The summed E-state index contributed by atoms with van der Waals surface area (Å²) in [5.74, 6) is -0.877. The van der Waals surface area contributed by atoms with E-state index < -0.39 is 17.1 Å². The Bertz CT molecular complexity index is 1180. The molecule has 1 N–H and O–H groups in total. The highest BCUT2D eigenvalue weighted by molar-refractivity contribution is 8.18. The van der Waals surface area contributed by atoms with E-state index in [9.17, 15) is 14.4 Å². The van der Waals surface area contributed by atoms with Gasteiger partial charge in [0.25, 0.3) is 11.1 Å². The minimum Gasteiger partial charge on any atom is -0.325 e. The number of aryl methyl sites for hydroxylation is 2. The minimum atomic E-state index is -0.459. The van der Waals surface area contributed by atoms with Crippen LogP contribution in [0.4, 0.5) is 10.5 Å². The van der Waals surface area contributed by atoms with Crippen molar-refractivity contribution < 1.29 is 14.4 Å². The van der Waals surface area contributed by atoms with Gasteiger partial charge in [-0.25, -0.2) is 0 Å². The molecule has 31 heavy (non-hydrogen) atoms. The van der Waals surface area contributed by atoms with Gasteiger partial charge in [-0.2, -0.15) is 0 Å². The van der Waals surface area contributed by atoms with E-state index in [1.165, 1.54) is 0 Å². The third-order valence-corrected chi connectivity index (χ3v) is 5.78. The zero-order valence-corrected chi connectivity index (χ0v) is 18.0. The molecule has 7 heteroatoms. The van der Waals surface area contributed by atoms with Crippen LogP contribution >= 0.6 is 11.8 Å². The molecular weight excluding hydrogens is 410 g/mol. The number of para-hydroxylation sites is 1. The molecule has 0 saturated carbocycles. The fourth-order valence-electron chi connectivity index (χ4n) is 3.31. The van der Waals surface area contributed by atoms with Gasteiger partial charge in [0.2, 0.25) is 5.91 Å². The van der Waals surface area contributed by atoms with Crippen LogP contribution in [0.1, 0.15) is 16.8 Å². The predicted molar refractivity (Wildman–Crippen MR) is 123 cm³/mol. The van der Waals surface area contributed by atoms with Gasteiger partial charge in [0.15, 0.2) is 0 Å². The lowest BCUT2D eigenvalue weighted by atomic mass is 10.2. The Kier molecular flexibility index (Phi) is 5.77. The number of anilines is 1. The fourth-order valence-corrected chi connectivity index (χ4v) is 4.15. The topological polar surface area (TPSA) is 71.4 Å². The van der Waals surface area contributed by atoms with Crippen LogP contribution in [-0.4, -0.2) is 33.1 Å². The van der Waals surface area contributed by atoms with Crippen molar-refractivity contribution in [1.82, 2.24) is 9.47 Å². The van der Waals surface area contributed by atoms with Crippen molar-refractivity contribution in [2.45, 2.75) is 13.8 Å². The van der Waals surface area contributed by atoms with E-state index in [2.05, 4.69) is 5.32 Å². The molecule has 0 atom stereocenters. The quantitative estimate of drug-likeness (QED) is 0.591. The predicted octanol–water partition coefficient (Wildman–Crippen LogP) is 4.77. The van der Waals surface area contributed by atoms with Crippen LogP contribution in [0, 0.1) is 13.8 Å². The third-order valence-electron chi connectivity index (χ3n) is 4.88. The summed E-state index contributed by atoms with van der Waals surface area (Å²) in [7, 11) is 0. The lowest BCUT2D eigenvalue weighted by molar-refractivity contribution is -0.127. The second kappa shape index (κ2) is 8.65. The van der Waals surface area contributed by atoms with Gasteiger partial charge in [-0.3, -0.25) is 19.3 Å². The summed E-state index contributed by atoms with van der Waals surface area (Å²) < 4.78 is 2.02. The average Bonchev–Trinajstić information content (AvgIpc) is 3.24. The highest BCUT2D eigenvalue weighted by atomic mass is 32.2. The Morgan fingerprint density at radius 1 is 1.03 bits per heavy atom. The maximum Gasteiger partial charge on any atom is 0.294 e. The zero-order valence-electron chi connectivity index (χ0n) is 17.2. The highest BCUT2D eigenvalue weighted by Crippen LogP contribution is 2.32. The van der Waals surface area contributed by atoms with Gasteiger partial charge in [0, 0.05) is 23.3 Å². The van der Waals surface area contributed by atoms with Crippen molar-refractivity contribution in [2.75, 3.05) is 11.9 Å². The minimum absolute atomic E-state index is 0.304. The van der Waals surface area contributed by atoms with E-state index in [1.807, 2.05) is 73.1 Å². The number of benzene rings is 2. The van der Waals surface area contributed by atoms with Crippen molar-refractivity contribution in [3.05, 3.63) is 88.6 Å². The van der Waals surface area contributed by atoms with Gasteiger partial charge in [0.05, 0.1) is 4.91 Å². The van der Waals surface area contributed by atoms with Gasteiger partial charge >= 0.3 is 0 Å². The summed E-state index contributed by atoms with van der Waals surface area (Å²) in [4.78, 5) is 38.7. The number of carbonyl (C=O) groups is 3. The first-order valence-corrected chi connectivity index (χ1v) is 10.6. The lowest BCUT2D eigenvalue weighted by Gasteiger charge is -2.12. The molecule has 0 radical (unpaired) electrons. The number of rotatable bonds is 5. The molecule has 2 aromatic carbocycles. The number of nitrogens with zero attached hydrogens (tertiary/aromatic N) is 2. The van der Waals surface area contributed by atoms with Crippen LogP contribution in [0.5, 0.6) is 0 Å². The van der Waals surface area contributed by atoms with Crippen molar-refractivity contribution in [2.24, 2.45) is 0 Å². The highest BCUT2D eigenvalue weighted by Gasteiger charge is 2.36. The molecule has 4 rings (SSSR count). The summed E-state index contributed by atoms with van der Waals surface area (Å²) in [5, 5.41) is 2.26. The third kappa shape index (κ3) is 4.62. The number of nitrogens with one attached hydrogen (secondary N) is 1. The Morgan fingerprint density at radius 2 is 1.74 bits per heavy atom. The number of imide groups is 1. The largest absolute Gasteiger partial charge is 0.325 e. The molecule has 2 heterocycles. The van der Waals surface area contributed by atoms with E-state index in [0.717, 1.165) is 39.2 Å². The maximum absolute atomic E-state index is 12.7. The first kappa shape index (κ1) is 20.7. The molecule has 1 fully saturated rings. The van der Waals surface area contributed by atoms with Crippen LogP contribution in [0.2, 0.25) is 0 Å². The number of aromatic nitrogens is 1. The molecule has 1 saturated heterocycles. The normalized spacial score (nSPS) is 15.0. The van der Waals surface area contributed by atoms with Crippen molar-refractivity contribution in [3.8, 4) is 5.69 Å². The van der Waals surface area contributed by atoms with Gasteiger partial charge < -0.3 is 9.88 Å². The van der Waals surface area contributed by atoms with Gasteiger partial charge in [-0.15, -0.1) is 0 Å². The van der Waals surface area contributed by atoms with Crippen LogP contribution in [0.15, 0.2) is 71.8 Å². The fraction of sp³-hybridized carbons (Fsp3) is 0.125. The smallest absolute Gasteiger partial charge is 0.294 e. The molecular formula is C24H21N3O3S. The zero-order chi connectivity index (χ0) is 22.0.